The third kappa shape index (κ3) is 7.33. The summed E-state index contributed by atoms with van der Waals surface area (Å²) in [6.07, 6.45) is -6.84. The van der Waals surface area contributed by atoms with E-state index in [0.29, 0.717) is 0 Å². The first-order valence-electron chi connectivity index (χ1n) is 3.97. The Morgan fingerprint density at radius 1 is 1.27 bits per heavy atom. The fraction of sp³-hybridized carbons (Fsp3) is 0.857. The predicted octanol–water partition coefficient (Wildman–Crippen LogP) is -3.87. The van der Waals surface area contributed by atoms with Crippen LogP contribution in [0, 0.1) is 0 Å². The Kier molecular flexibility index (Phi) is 11.1. The monoisotopic (exact) mass is 227 g/mol. The molecule has 0 aromatic heterocycles. The molecule has 0 aromatic rings. The molecule has 0 heterocycles. The van der Waals surface area contributed by atoms with Crippen molar-refractivity contribution in [2.24, 2.45) is 5.90 Å². The number of rotatable bonds is 5. The minimum atomic E-state index is -1.79. The van der Waals surface area contributed by atoms with Crippen molar-refractivity contribution in [3.05, 3.63) is 0 Å². The van der Waals surface area contributed by atoms with Gasteiger partial charge in [-0.15, -0.1) is 0 Å². The summed E-state index contributed by atoms with van der Waals surface area (Å²) < 4.78 is 0. The summed E-state index contributed by atoms with van der Waals surface area (Å²) >= 11 is 0. The van der Waals surface area contributed by atoms with Crippen molar-refractivity contribution in [2.45, 2.75) is 24.4 Å². The molecule has 4 atom stereocenters. The van der Waals surface area contributed by atoms with Crippen molar-refractivity contribution >= 4 is 6.29 Å². The predicted molar refractivity (Wildman–Crippen MR) is 48.4 cm³/mol. The van der Waals surface area contributed by atoms with Crippen LogP contribution in [0.1, 0.15) is 0 Å². The Morgan fingerprint density at radius 2 is 1.67 bits per heavy atom. The van der Waals surface area contributed by atoms with Gasteiger partial charge in [-0.3, -0.25) is 0 Å². The molecule has 0 aliphatic carbocycles. The number of carbonyl (C=O) groups excluding carboxylic acids is 1. The molecule has 8 heteroatoms. The van der Waals surface area contributed by atoms with Gasteiger partial charge in [0.15, 0.2) is 6.29 Å². The molecule has 0 rings (SSSR count). The number of nitrogens with two attached hydrogens (primary N) is 1. The second-order valence-corrected chi connectivity index (χ2v) is 2.59. The van der Waals surface area contributed by atoms with Gasteiger partial charge in [0.25, 0.3) is 0 Å². The van der Waals surface area contributed by atoms with Crippen LogP contribution in [0.3, 0.4) is 0 Å². The van der Waals surface area contributed by atoms with Crippen molar-refractivity contribution in [3.63, 3.8) is 0 Å². The lowest BCUT2D eigenvalue weighted by Gasteiger charge is -2.22. The molecule has 92 valence electrons. The topological polar surface area (TPSA) is 153 Å². The van der Waals surface area contributed by atoms with Crippen LogP contribution >= 0.6 is 0 Å². The van der Waals surface area contributed by atoms with Crippen molar-refractivity contribution in [1.29, 1.82) is 0 Å². The smallest absolute Gasteiger partial charge is 0.151 e. The summed E-state index contributed by atoms with van der Waals surface area (Å²) in [4.78, 5) is 13.6. The number of aldehydes is 1. The number of hydrogen-bond acceptors (Lipinski definition) is 8. The maximum Gasteiger partial charge on any atom is 0.151 e. The number of hydrogen-bond donors (Lipinski definition) is 6. The first kappa shape index (κ1) is 16.8. The van der Waals surface area contributed by atoms with Crippen molar-refractivity contribution in [3.8, 4) is 0 Å². The van der Waals surface area contributed by atoms with E-state index < -0.39 is 31.0 Å². The highest BCUT2D eigenvalue weighted by atomic mass is 16.6. The Balaban J connectivity index is 0. The number of aliphatic hydroxyl groups is 5. The van der Waals surface area contributed by atoms with Crippen LogP contribution in [0.5, 0.6) is 0 Å². The van der Waals surface area contributed by atoms with Gasteiger partial charge in [0.2, 0.25) is 0 Å². The quantitative estimate of drug-likeness (QED) is 0.206. The van der Waals surface area contributed by atoms with E-state index in [1.807, 2.05) is 0 Å². The Hall–Kier alpha value is -0.610. The van der Waals surface area contributed by atoms with E-state index in [1.165, 1.54) is 7.11 Å². The van der Waals surface area contributed by atoms with E-state index in [1.54, 1.807) is 0 Å². The van der Waals surface area contributed by atoms with Gasteiger partial charge in [-0.1, -0.05) is 0 Å². The van der Waals surface area contributed by atoms with Gasteiger partial charge in [0.05, 0.1) is 13.7 Å². The molecule has 0 radical (unpaired) electrons. The molecule has 15 heavy (non-hydrogen) atoms. The zero-order chi connectivity index (χ0) is 12.4. The van der Waals surface area contributed by atoms with Crippen LogP contribution in [0.4, 0.5) is 0 Å². The SMILES string of the molecule is CON.O=C[C@@H](O)[C@@H](O)[C@H](O)[C@H](O)CO. The van der Waals surface area contributed by atoms with Gasteiger partial charge in [-0.25, -0.2) is 5.90 Å². The number of aliphatic hydroxyl groups excluding tert-OH is 5. The molecule has 0 bridgehead atoms. The summed E-state index contributed by atoms with van der Waals surface area (Å²) in [5.41, 5.74) is 0. The summed E-state index contributed by atoms with van der Waals surface area (Å²) in [6, 6.07) is 0. The first-order chi connectivity index (χ1) is 6.95. The van der Waals surface area contributed by atoms with Crippen LogP contribution in [-0.2, 0) is 9.63 Å². The van der Waals surface area contributed by atoms with Gasteiger partial charge in [-0.05, 0) is 0 Å². The summed E-state index contributed by atoms with van der Waals surface area (Å²) in [5, 5.41) is 43.5. The highest BCUT2D eigenvalue weighted by molar-refractivity contribution is 5.56. The van der Waals surface area contributed by atoms with E-state index in [4.69, 9.17) is 25.5 Å². The summed E-state index contributed by atoms with van der Waals surface area (Å²) in [6.45, 7) is -0.760. The van der Waals surface area contributed by atoms with Gasteiger partial charge in [0.1, 0.15) is 24.4 Å². The molecule has 0 aliphatic heterocycles. The molecule has 0 saturated heterocycles. The van der Waals surface area contributed by atoms with E-state index in [2.05, 4.69) is 10.7 Å². The van der Waals surface area contributed by atoms with Crippen LogP contribution < -0.4 is 5.90 Å². The van der Waals surface area contributed by atoms with E-state index in [0.717, 1.165) is 0 Å². The van der Waals surface area contributed by atoms with E-state index in [-0.39, 0.29) is 6.29 Å². The lowest BCUT2D eigenvalue weighted by molar-refractivity contribution is -0.136. The largest absolute Gasteiger partial charge is 0.394 e. The minimum absolute atomic E-state index is 0.0258. The van der Waals surface area contributed by atoms with Crippen molar-refractivity contribution in [2.75, 3.05) is 13.7 Å². The van der Waals surface area contributed by atoms with Gasteiger partial charge in [-0.2, -0.15) is 0 Å². The fourth-order valence-corrected chi connectivity index (χ4v) is 0.618. The molecular weight excluding hydrogens is 210 g/mol. The summed E-state index contributed by atoms with van der Waals surface area (Å²) in [5.74, 6) is 4.35. The first-order valence-corrected chi connectivity index (χ1v) is 3.97. The Labute approximate surface area is 86.5 Å². The normalized spacial score (nSPS) is 18.1. The molecule has 0 fully saturated rings. The molecule has 0 amide bonds. The molecule has 0 aliphatic rings. The summed E-state index contributed by atoms with van der Waals surface area (Å²) in [7, 11) is 1.40. The van der Waals surface area contributed by atoms with Crippen molar-refractivity contribution < 1.29 is 35.2 Å². The standard InChI is InChI=1S/C6H12O6.CH5NO/c7-1-3(9)5(11)6(12)4(10)2-8;1-3-2/h1,3-6,8-12H,2H2;2H2,1H3/t3-,4-,5-,6-;/m1./s1. The molecular formula is C7H17NO7. The second-order valence-electron chi connectivity index (χ2n) is 2.59. The third-order valence-electron chi connectivity index (χ3n) is 1.42. The molecule has 0 spiro atoms. The lowest BCUT2D eigenvalue weighted by atomic mass is 10.0. The fourth-order valence-electron chi connectivity index (χ4n) is 0.618. The van der Waals surface area contributed by atoms with Gasteiger partial charge >= 0.3 is 0 Å². The van der Waals surface area contributed by atoms with E-state index in [9.17, 15) is 4.79 Å². The van der Waals surface area contributed by atoms with Gasteiger partial charge in [0, 0.05) is 0 Å². The maximum atomic E-state index is 9.90. The van der Waals surface area contributed by atoms with Crippen LogP contribution in [0.25, 0.3) is 0 Å². The minimum Gasteiger partial charge on any atom is -0.394 e. The average Bonchev–Trinajstić information content (AvgIpc) is 2.25. The highest BCUT2D eigenvalue weighted by Gasteiger charge is 2.29. The average molecular weight is 227 g/mol. The zero-order valence-corrected chi connectivity index (χ0v) is 8.22. The van der Waals surface area contributed by atoms with E-state index >= 15 is 0 Å². The van der Waals surface area contributed by atoms with Gasteiger partial charge < -0.3 is 35.2 Å². The third-order valence-corrected chi connectivity index (χ3v) is 1.42. The van der Waals surface area contributed by atoms with Crippen LogP contribution in [0.15, 0.2) is 0 Å². The second kappa shape index (κ2) is 9.93. The van der Waals surface area contributed by atoms with Crippen LogP contribution in [-0.4, -0.2) is 70.0 Å². The molecule has 0 aromatic carbocycles. The molecule has 8 nitrogen and oxygen atoms in total. The maximum absolute atomic E-state index is 9.90. The lowest BCUT2D eigenvalue weighted by Crippen LogP contribution is -2.46. The Bertz CT molecular complexity index is 156. The van der Waals surface area contributed by atoms with Crippen molar-refractivity contribution in [1.82, 2.24) is 0 Å². The Morgan fingerprint density at radius 3 is 1.93 bits per heavy atom. The molecule has 0 unspecified atom stereocenters. The molecule has 0 saturated carbocycles. The number of carbonyl (C=O) groups is 1. The van der Waals surface area contributed by atoms with Crippen LogP contribution in [0.2, 0.25) is 0 Å². The molecule has 7 N–H and O–H groups in total. The zero-order valence-electron chi connectivity index (χ0n) is 8.22. The highest BCUT2D eigenvalue weighted by Crippen LogP contribution is 2.02.